The van der Waals surface area contributed by atoms with Gasteiger partial charge in [-0.3, -0.25) is 0 Å². The molecule has 0 bridgehead atoms. The molecular formula is C20H31NO3Si. The van der Waals surface area contributed by atoms with Gasteiger partial charge in [0.2, 0.25) is 0 Å². The van der Waals surface area contributed by atoms with Gasteiger partial charge in [0.05, 0.1) is 12.1 Å². The highest BCUT2D eigenvalue weighted by molar-refractivity contribution is 6.74. The van der Waals surface area contributed by atoms with E-state index >= 15 is 0 Å². The molecule has 1 heterocycles. The molecule has 0 atom stereocenters. The highest BCUT2D eigenvalue weighted by atomic mass is 28.4. The first-order valence-electron chi connectivity index (χ1n) is 9.03. The summed E-state index contributed by atoms with van der Waals surface area (Å²) in [5.74, 6) is -0.292. The van der Waals surface area contributed by atoms with Crippen LogP contribution in [-0.2, 0) is 9.26 Å². The summed E-state index contributed by atoms with van der Waals surface area (Å²) in [5.41, 5.74) is 1.87. The van der Waals surface area contributed by atoms with Crippen molar-refractivity contribution in [3.05, 3.63) is 47.5 Å². The fourth-order valence-corrected chi connectivity index (χ4v) is 3.49. The van der Waals surface area contributed by atoms with Gasteiger partial charge in [-0.2, -0.15) is 0 Å². The predicted molar refractivity (Wildman–Crippen MR) is 104 cm³/mol. The summed E-state index contributed by atoms with van der Waals surface area (Å²) in [6, 6.07) is 9.12. The van der Waals surface area contributed by atoms with Gasteiger partial charge < -0.3 is 9.26 Å². The lowest BCUT2D eigenvalue weighted by Crippen LogP contribution is -2.41. The maximum atomic E-state index is 12.2. The predicted octanol–water partition coefficient (Wildman–Crippen LogP) is 4.80. The largest absolute Gasteiger partial charge is 0.417 e. The minimum absolute atomic E-state index is 0.227. The minimum atomic E-state index is -1.70. The summed E-state index contributed by atoms with van der Waals surface area (Å²) in [6.45, 7) is 13.5. The molecule has 0 aromatic heterocycles. The van der Waals surface area contributed by atoms with E-state index in [1.54, 1.807) is 17.2 Å². The molecule has 0 saturated carbocycles. The second-order valence-electron chi connectivity index (χ2n) is 8.12. The Bertz CT molecular complexity index is 605. The smallest absolute Gasteiger partial charge is 0.357 e. The van der Waals surface area contributed by atoms with E-state index in [1.807, 2.05) is 18.2 Å². The Kier molecular flexibility index (Phi) is 6.60. The van der Waals surface area contributed by atoms with Gasteiger partial charge >= 0.3 is 5.97 Å². The molecule has 25 heavy (non-hydrogen) atoms. The molecule has 0 saturated heterocycles. The molecule has 1 aliphatic rings. The summed E-state index contributed by atoms with van der Waals surface area (Å²) < 4.78 is 6.25. The van der Waals surface area contributed by atoms with Crippen molar-refractivity contribution in [2.75, 3.05) is 19.7 Å². The van der Waals surface area contributed by atoms with Gasteiger partial charge in [0, 0.05) is 13.2 Å². The van der Waals surface area contributed by atoms with Crippen molar-refractivity contribution in [1.29, 1.82) is 0 Å². The summed E-state index contributed by atoms with van der Waals surface area (Å²) in [7, 11) is -1.70. The van der Waals surface area contributed by atoms with Gasteiger partial charge in [-0.25, -0.2) is 4.79 Å². The second kappa shape index (κ2) is 8.30. The Hall–Kier alpha value is -1.43. The summed E-state index contributed by atoms with van der Waals surface area (Å²) in [4.78, 5) is 17.7. The average molecular weight is 362 g/mol. The molecule has 138 valence electrons. The highest BCUT2D eigenvalue weighted by Crippen LogP contribution is 2.36. The summed E-state index contributed by atoms with van der Waals surface area (Å²) in [6.07, 6.45) is 4.05. The van der Waals surface area contributed by atoms with Crippen LogP contribution in [-0.4, -0.2) is 39.0 Å². The van der Waals surface area contributed by atoms with Crippen molar-refractivity contribution in [3.8, 4) is 0 Å². The van der Waals surface area contributed by atoms with E-state index in [0.29, 0.717) is 12.1 Å². The lowest BCUT2D eigenvalue weighted by atomic mass is 10.1. The van der Waals surface area contributed by atoms with Crippen LogP contribution in [0.4, 0.5) is 0 Å². The van der Waals surface area contributed by atoms with E-state index in [9.17, 15) is 4.79 Å². The number of nitrogens with zero attached hydrogens (tertiary/aromatic N) is 1. The molecular weight excluding hydrogens is 330 g/mol. The van der Waals surface area contributed by atoms with Crippen LogP contribution in [0.15, 0.2) is 42.0 Å². The normalized spacial score (nSPS) is 16.4. The van der Waals surface area contributed by atoms with Crippen LogP contribution in [0.5, 0.6) is 0 Å². The first-order valence-corrected chi connectivity index (χ1v) is 11.9. The zero-order chi connectivity index (χ0) is 18.5. The van der Waals surface area contributed by atoms with Gasteiger partial charge in [-0.15, -0.1) is 5.06 Å². The third kappa shape index (κ3) is 5.80. The molecule has 0 N–H and O–H groups in total. The van der Waals surface area contributed by atoms with E-state index in [4.69, 9.17) is 9.26 Å². The van der Waals surface area contributed by atoms with Crippen molar-refractivity contribution in [2.24, 2.45) is 0 Å². The van der Waals surface area contributed by atoms with Crippen LogP contribution >= 0.6 is 0 Å². The van der Waals surface area contributed by atoms with Crippen molar-refractivity contribution >= 4 is 14.3 Å². The Morgan fingerprint density at radius 1 is 1.20 bits per heavy atom. The van der Waals surface area contributed by atoms with Crippen molar-refractivity contribution < 1.29 is 14.1 Å². The first kappa shape index (κ1) is 19.9. The topological polar surface area (TPSA) is 38.8 Å². The molecule has 0 radical (unpaired) electrons. The summed E-state index contributed by atoms with van der Waals surface area (Å²) in [5, 5.41) is 1.99. The second-order valence-corrected chi connectivity index (χ2v) is 12.9. The molecule has 0 fully saturated rings. The molecule has 1 aromatic rings. The Morgan fingerprint density at radius 2 is 1.88 bits per heavy atom. The van der Waals surface area contributed by atoms with Gasteiger partial charge in [-0.1, -0.05) is 50.6 Å². The molecule has 2 rings (SSSR count). The van der Waals surface area contributed by atoms with Gasteiger partial charge in [0.15, 0.2) is 8.32 Å². The number of rotatable bonds is 6. The molecule has 0 aliphatic carbocycles. The van der Waals surface area contributed by atoms with Crippen molar-refractivity contribution in [3.63, 3.8) is 0 Å². The molecule has 5 heteroatoms. The van der Waals surface area contributed by atoms with Gasteiger partial charge in [0.1, 0.15) is 0 Å². The molecule has 0 unspecified atom stereocenters. The first-order chi connectivity index (χ1) is 11.7. The zero-order valence-electron chi connectivity index (χ0n) is 16.2. The Labute approximate surface area is 152 Å². The van der Waals surface area contributed by atoms with E-state index in [0.717, 1.165) is 26.0 Å². The third-order valence-electron chi connectivity index (χ3n) is 5.10. The quantitative estimate of drug-likeness (QED) is 0.539. The Morgan fingerprint density at radius 3 is 2.52 bits per heavy atom. The van der Waals surface area contributed by atoms with Crippen molar-refractivity contribution in [2.45, 2.75) is 51.7 Å². The number of hydrogen-bond acceptors (Lipinski definition) is 4. The van der Waals surface area contributed by atoms with Crippen molar-refractivity contribution in [1.82, 2.24) is 5.06 Å². The van der Waals surface area contributed by atoms with Crippen LogP contribution in [0.2, 0.25) is 18.1 Å². The molecule has 0 spiro atoms. The third-order valence-corrected chi connectivity index (χ3v) is 9.64. The van der Waals surface area contributed by atoms with Crippen LogP contribution in [0, 0.1) is 0 Å². The van der Waals surface area contributed by atoms with E-state index in [1.165, 1.54) is 5.57 Å². The maximum Gasteiger partial charge on any atom is 0.357 e. The minimum Gasteiger partial charge on any atom is -0.417 e. The lowest BCUT2D eigenvalue weighted by molar-refractivity contribution is -0.105. The lowest BCUT2D eigenvalue weighted by Gasteiger charge is -2.36. The number of carbonyl (C=O) groups excluding carboxylic acids is 1. The molecule has 4 nitrogen and oxygen atoms in total. The average Bonchev–Trinajstić information content (AvgIpc) is 2.55. The number of carbonyl (C=O) groups is 1. The van der Waals surface area contributed by atoms with E-state index in [-0.39, 0.29) is 11.0 Å². The number of benzene rings is 1. The zero-order valence-corrected chi connectivity index (χ0v) is 17.2. The SMILES string of the molecule is CC(C)(C)[Si](C)(C)OCCC1=CCCN(OC(=O)c2ccccc2)C1. The fourth-order valence-electron chi connectivity index (χ4n) is 2.44. The van der Waals surface area contributed by atoms with Crippen LogP contribution in [0.1, 0.15) is 44.0 Å². The highest BCUT2D eigenvalue weighted by Gasteiger charge is 2.36. The van der Waals surface area contributed by atoms with Crippen LogP contribution in [0.3, 0.4) is 0 Å². The maximum absolute atomic E-state index is 12.2. The number of hydroxylamine groups is 2. The Balaban J connectivity index is 1.81. The van der Waals surface area contributed by atoms with E-state index < -0.39 is 8.32 Å². The molecule has 0 amide bonds. The van der Waals surface area contributed by atoms with Crippen LogP contribution in [0.25, 0.3) is 0 Å². The van der Waals surface area contributed by atoms with Gasteiger partial charge in [-0.05, 0) is 43.1 Å². The number of hydrogen-bond donors (Lipinski definition) is 0. The van der Waals surface area contributed by atoms with Gasteiger partial charge in [0.25, 0.3) is 0 Å². The monoisotopic (exact) mass is 361 g/mol. The fraction of sp³-hybridized carbons (Fsp3) is 0.550. The van der Waals surface area contributed by atoms with Crippen LogP contribution < -0.4 is 0 Å². The molecule has 1 aromatic carbocycles. The molecule has 1 aliphatic heterocycles. The van der Waals surface area contributed by atoms with E-state index in [2.05, 4.69) is 39.9 Å². The summed E-state index contributed by atoms with van der Waals surface area (Å²) >= 11 is 0. The standard InChI is InChI=1S/C20H31NO3Si/c1-20(2,3)25(4,5)23-15-13-17-10-9-14-21(16-17)24-19(22)18-11-7-6-8-12-18/h6-8,10-12H,9,13-16H2,1-5H3.